The molecule has 0 fully saturated rings. The number of rotatable bonds is 10. The molecule has 0 saturated heterocycles. The highest BCUT2D eigenvalue weighted by atomic mass is 32.1. The lowest BCUT2D eigenvalue weighted by molar-refractivity contribution is -0.143. The van der Waals surface area contributed by atoms with Crippen molar-refractivity contribution < 1.29 is 14.4 Å². The second-order valence-corrected chi connectivity index (χ2v) is 9.00. The number of hydrogen-bond acceptors (Lipinski definition) is 6. The third-order valence-electron chi connectivity index (χ3n) is 4.13. The van der Waals surface area contributed by atoms with Gasteiger partial charge in [0.05, 0.1) is 6.54 Å². The summed E-state index contributed by atoms with van der Waals surface area (Å²) >= 11 is 1.53. The highest BCUT2D eigenvalue weighted by Gasteiger charge is 2.28. The minimum absolute atomic E-state index is 0.123. The molecule has 1 aromatic heterocycles. The zero-order valence-electron chi connectivity index (χ0n) is 18.1. The molecule has 9 heteroatoms. The Kier molecular flexibility index (Phi) is 9.48. The van der Waals surface area contributed by atoms with Crippen LogP contribution in [0.25, 0.3) is 0 Å². The fourth-order valence-electron chi connectivity index (χ4n) is 2.48. The number of nitrogens with one attached hydrogen (secondary N) is 1. The predicted molar refractivity (Wildman–Crippen MR) is 116 cm³/mol. The number of nitrogens with zero attached hydrogens (tertiary/aromatic N) is 3. The quantitative estimate of drug-likeness (QED) is 0.429. The van der Waals surface area contributed by atoms with Crippen LogP contribution in [0.1, 0.15) is 25.1 Å². The fraction of sp³-hybridized carbons (Fsp3) is 0.550. The Morgan fingerprint density at radius 2 is 1.90 bits per heavy atom. The predicted octanol–water partition coefficient (Wildman–Crippen LogP) is 0.852. The Hall–Kier alpha value is -2.23. The molecule has 1 aromatic rings. The summed E-state index contributed by atoms with van der Waals surface area (Å²) in [5.74, 6) is -0.884. The third-order valence-corrected chi connectivity index (χ3v) is 5.02. The molecule has 0 aromatic carbocycles. The van der Waals surface area contributed by atoms with Crippen molar-refractivity contribution in [1.82, 2.24) is 20.2 Å². The van der Waals surface area contributed by atoms with Crippen molar-refractivity contribution in [1.29, 1.82) is 0 Å². The van der Waals surface area contributed by atoms with Gasteiger partial charge >= 0.3 is 0 Å². The second kappa shape index (κ2) is 11.1. The average molecular weight is 424 g/mol. The van der Waals surface area contributed by atoms with Gasteiger partial charge in [-0.25, -0.2) is 5.01 Å². The standard InChI is InChI=1S/C20H33N5O3S/c1-20(2,21)11-7-10-17(26)24(5)14-18(27)25(6)16(19(28)22-23(3)4)13-15-9-8-12-29-15/h7-10,12,16H,11,13-14,21H2,1-6H3,(H,22,28)/b10-7+. The molecule has 0 aliphatic carbocycles. The molecule has 162 valence electrons. The van der Waals surface area contributed by atoms with Crippen LogP contribution in [0.5, 0.6) is 0 Å². The molecule has 1 heterocycles. The van der Waals surface area contributed by atoms with E-state index in [1.165, 1.54) is 27.2 Å². The molecule has 3 amide bonds. The van der Waals surface area contributed by atoms with E-state index in [0.29, 0.717) is 12.8 Å². The van der Waals surface area contributed by atoms with Crippen LogP contribution in [-0.4, -0.2) is 78.8 Å². The SMILES string of the molecule is CN(C)NC(=O)C(Cc1cccs1)N(C)C(=O)CN(C)C(=O)/C=C/CC(C)(C)N. The Morgan fingerprint density at radius 1 is 1.24 bits per heavy atom. The Labute approximate surface area is 177 Å². The van der Waals surface area contributed by atoms with Crippen LogP contribution >= 0.6 is 11.3 Å². The van der Waals surface area contributed by atoms with Gasteiger partial charge in [0.25, 0.3) is 5.91 Å². The van der Waals surface area contributed by atoms with Crippen LogP contribution in [0.4, 0.5) is 0 Å². The summed E-state index contributed by atoms with van der Waals surface area (Å²) in [6.07, 6.45) is 4.08. The van der Waals surface area contributed by atoms with Gasteiger partial charge in [0.1, 0.15) is 6.04 Å². The van der Waals surface area contributed by atoms with E-state index < -0.39 is 11.6 Å². The van der Waals surface area contributed by atoms with Crippen molar-refractivity contribution in [3.63, 3.8) is 0 Å². The van der Waals surface area contributed by atoms with Crippen molar-refractivity contribution >= 4 is 29.1 Å². The highest BCUT2D eigenvalue weighted by molar-refractivity contribution is 7.09. The highest BCUT2D eigenvalue weighted by Crippen LogP contribution is 2.14. The third kappa shape index (κ3) is 9.21. The van der Waals surface area contributed by atoms with Gasteiger partial charge in [0.2, 0.25) is 11.8 Å². The van der Waals surface area contributed by atoms with Crippen LogP contribution in [0.3, 0.4) is 0 Å². The number of hydrazine groups is 1. The molecule has 0 aliphatic rings. The Bertz CT molecular complexity index is 710. The van der Waals surface area contributed by atoms with Gasteiger partial charge in [-0.2, -0.15) is 0 Å². The molecule has 1 unspecified atom stereocenters. The summed E-state index contributed by atoms with van der Waals surface area (Å²) in [5.41, 5.74) is 8.20. The molecule has 29 heavy (non-hydrogen) atoms. The molecular weight excluding hydrogens is 390 g/mol. The first-order valence-corrected chi connectivity index (χ1v) is 10.2. The lowest BCUT2D eigenvalue weighted by Gasteiger charge is -2.29. The lowest BCUT2D eigenvalue weighted by atomic mass is 10.0. The fourth-order valence-corrected chi connectivity index (χ4v) is 3.22. The van der Waals surface area contributed by atoms with Crippen LogP contribution in [0, 0.1) is 0 Å². The van der Waals surface area contributed by atoms with Crippen LogP contribution in [0.2, 0.25) is 0 Å². The van der Waals surface area contributed by atoms with Crippen LogP contribution in [0.15, 0.2) is 29.7 Å². The van der Waals surface area contributed by atoms with Gasteiger partial charge in [-0.1, -0.05) is 12.1 Å². The second-order valence-electron chi connectivity index (χ2n) is 7.96. The summed E-state index contributed by atoms with van der Waals surface area (Å²) in [7, 11) is 6.56. The number of hydrogen-bond donors (Lipinski definition) is 2. The molecule has 0 bridgehead atoms. The summed E-state index contributed by atoms with van der Waals surface area (Å²) in [4.78, 5) is 41.3. The zero-order chi connectivity index (χ0) is 22.2. The van der Waals surface area contributed by atoms with E-state index in [-0.39, 0.29) is 24.3 Å². The van der Waals surface area contributed by atoms with E-state index in [2.05, 4.69) is 5.43 Å². The summed E-state index contributed by atoms with van der Waals surface area (Å²) in [6.45, 7) is 3.62. The van der Waals surface area contributed by atoms with Gasteiger partial charge in [-0.05, 0) is 37.8 Å². The number of amides is 3. The number of carbonyl (C=O) groups excluding carboxylic acids is 3. The smallest absolute Gasteiger partial charge is 0.257 e. The maximum atomic E-state index is 12.7. The first kappa shape index (κ1) is 24.8. The number of likely N-dealkylation sites (N-methyl/N-ethyl adjacent to an activating group) is 2. The van der Waals surface area contributed by atoms with Crippen LogP contribution in [-0.2, 0) is 20.8 Å². The minimum Gasteiger partial charge on any atom is -0.333 e. The molecule has 0 spiro atoms. The lowest BCUT2D eigenvalue weighted by Crippen LogP contribution is -2.53. The van der Waals surface area contributed by atoms with Crippen molar-refractivity contribution in [2.45, 2.75) is 38.3 Å². The Balaban J connectivity index is 2.78. The van der Waals surface area contributed by atoms with E-state index in [0.717, 1.165) is 4.88 Å². The largest absolute Gasteiger partial charge is 0.333 e. The van der Waals surface area contributed by atoms with E-state index in [4.69, 9.17) is 5.73 Å². The van der Waals surface area contributed by atoms with E-state index in [1.54, 1.807) is 39.3 Å². The number of carbonyl (C=O) groups is 3. The first-order valence-electron chi connectivity index (χ1n) is 9.37. The monoisotopic (exact) mass is 423 g/mol. The van der Waals surface area contributed by atoms with Crippen molar-refractivity contribution in [3.05, 3.63) is 34.5 Å². The Morgan fingerprint density at radius 3 is 2.41 bits per heavy atom. The van der Waals surface area contributed by atoms with Gasteiger partial charge in [0.15, 0.2) is 0 Å². The normalized spacial score (nSPS) is 12.8. The van der Waals surface area contributed by atoms with Crippen molar-refractivity contribution in [2.24, 2.45) is 5.73 Å². The minimum atomic E-state index is -0.680. The molecule has 0 saturated carbocycles. The molecule has 0 radical (unpaired) electrons. The maximum absolute atomic E-state index is 12.7. The zero-order valence-corrected chi connectivity index (χ0v) is 19.0. The average Bonchev–Trinajstić information content (AvgIpc) is 3.10. The molecular formula is C20H33N5O3S. The van der Waals surface area contributed by atoms with Gasteiger partial charge in [-0.15, -0.1) is 11.3 Å². The van der Waals surface area contributed by atoms with E-state index in [1.807, 2.05) is 31.4 Å². The summed E-state index contributed by atoms with van der Waals surface area (Å²) in [6, 6.07) is 3.16. The molecule has 1 atom stereocenters. The first-order chi connectivity index (χ1) is 13.4. The molecule has 8 nitrogen and oxygen atoms in total. The van der Waals surface area contributed by atoms with E-state index >= 15 is 0 Å². The summed E-state index contributed by atoms with van der Waals surface area (Å²) < 4.78 is 0. The van der Waals surface area contributed by atoms with Gasteiger partial charge in [0, 0.05) is 45.0 Å². The van der Waals surface area contributed by atoms with Crippen molar-refractivity contribution in [2.75, 3.05) is 34.7 Å². The van der Waals surface area contributed by atoms with Crippen molar-refractivity contribution in [3.8, 4) is 0 Å². The molecule has 3 N–H and O–H groups in total. The van der Waals surface area contributed by atoms with Crippen LogP contribution < -0.4 is 11.2 Å². The van der Waals surface area contributed by atoms with Gasteiger partial charge < -0.3 is 15.5 Å². The van der Waals surface area contributed by atoms with Gasteiger partial charge in [-0.3, -0.25) is 19.8 Å². The van der Waals surface area contributed by atoms with E-state index in [9.17, 15) is 14.4 Å². The molecule has 0 aliphatic heterocycles. The summed E-state index contributed by atoms with van der Waals surface area (Å²) in [5, 5.41) is 3.47. The topological polar surface area (TPSA) is 99.0 Å². The maximum Gasteiger partial charge on any atom is 0.257 e. The number of nitrogens with two attached hydrogens (primary N) is 1. The molecule has 1 rings (SSSR count). The number of thiophene rings is 1.